The van der Waals surface area contributed by atoms with Crippen molar-refractivity contribution in [2.24, 2.45) is 5.73 Å². The van der Waals surface area contributed by atoms with Crippen LogP contribution in [0.1, 0.15) is 5.01 Å². The summed E-state index contributed by atoms with van der Waals surface area (Å²) in [5.41, 5.74) is 6.20. The molecule has 0 aliphatic rings. The van der Waals surface area contributed by atoms with Crippen molar-refractivity contribution in [1.82, 2.24) is 15.2 Å². The minimum absolute atomic E-state index is 0.408. The standard InChI is InChI=1S/C8H7ClN4S/c9-5-1-2-6(11-4-5)8-13-12-7(3-10)14-8/h1-2,4H,3,10H2. The summed E-state index contributed by atoms with van der Waals surface area (Å²) in [6.45, 7) is 0.408. The van der Waals surface area contributed by atoms with Crippen molar-refractivity contribution in [3.05, 3.63) is 28.4 Å². The second-order valence-electron chi connectivity index (χ2n) is 2.57. The molecule has 0 atom stereocenters. The van der Waals surface area contributed by atoms with Crippen LogP contribution in [0, 0.1) is 0 Å². The van der Waals surface area contributed by atoms with Crippen LogP contribution in [0.15, 0.2) is 18.3 Å². The maximum absolute atomic E-state index is 5.72. The Morgan fingerprint density at radius 3 is 2.79 bits per heavy atom. The number of halogens is 1. The summed E-state index contributed by atoms with van der Waals surface area (Å²) in [7, 11) is 0. The van der Waals surface area contributed by atoms with Crippen LogP contribution in [0.4, 0.5) is 0 Å². The molecule has 6 heteroatoms. The van der Waals surface area contributed by atoms with E-state index in [1.54, 1.807) is 12.3 Å². The normalized spacial score (nSPS) is 10.4. The van der Waals surface area contributed by atoms with Gasteiger partial charge in [-0.15, -0.1) is 10.2 Å². The largest absolute Gasteiger partial charge is 0.324 e. The minimum Gasteiger partial charge on any atom is -0.324 e. The first-order chi connectivity index (χ1) is 6.79. The van der Waals surface area contributed by atoms with E-state index in [0.29, 0.717) is 11.6 Å². The molecule has 14 heavy (non-hydrogen) atoms. The molecule has 2 heterocycles. The summed E-state index contributed by atoms with van der Waals surface area (Å²) in [5.74, 6) is 0. The molecule has 0 saturated carbocycles. The predicted molar refractivity (Wildman–Crippen MR) is 56.0 cm³/mol. The van der Waals surface area contributed by atoms with Crippen LogP contribution in [0.3, 0.4) is 0 Å². The molecule has 0 bridgehead atoms. The molecule has 2 rings (SSSR count). The number of rotatable bonds is 2. The third-order valence-electron chi connectivity index (χ3n) is 1.59. The van der Waals surface area contributed by atoms with Crippen molar-refractivity contribution in [2.45, 2.75) is 6.54 Å². The molecule has 0 aromatic carbocycles. The van der Waals surface area contributed by atoms with Gasteiger partial charge in [0.25, 0.3) is 0 Å². The average Bonchev–Trinajstić information content (AvgIpc) is 2.67. The van der Waals surface area contributed by atoms with Gasteiger partial charge >= 0.3 is 0 Å². The lowest BCUT2D eigenvalue weighted by Crippen LogP contribution is -1.94. The molecule has 0 aliphatic heterocycles. The van der Waals surface area contributed by atoms with Gasteiger partial charge in [-0.2, -0.15) is 0 Å². The molecule has 2 N–H and O–H groups in total. The minimum atomic E-state index is 0.408. The lowest BCUT2D eigenvalue weighted by Gasteiger charge is -1.92. The lowest BCUT2D eigenvalue weighted by molar-refractivity contribution is 0.958. The summed E-state index contributed by atoms with van der Waals surface area (Å²) in [5, 5.41) is 10.1. The van der Waals surface area contributed by atoms with E-state index >= 15 is 0 Å². The Morgan fingerprint density at radius 2 is 2.21 bits per heavy atom. The second-order valence-corrected chi connectivity index (χ2v) is 4.07. The monoisotopic (exact) mass is 226 g/mol. The molecule has 0 spiro atoms. The van der Waals surface area contributed by atoms with Gasteiger partial charge in [0.15, 0.2) is 5.01 Å². The van der Waals surface area contributed by atoms with Crippen molar-refractivity contribution >= 4 is 22.9 Å². The van der Waals surface area contributed by atoms with Gasteiger partial charge in [0.2, 0.25) is 0 Å². The molecule has 0 unspecified atom stereocenters. The van der Waals surface area contributed by atoms with Gasteiger partial charge in [-0.1, -0.05) is 22.9 Å². The van der Waals surface area contributed by atoms with E-state index in [2.05, 4.69) is 15.2 Å². The van der Waals surface area contributed by atoms with Gasteiger partial charge < -0.3 is 5.73 Å². The average molecular weight is 227 g/mol. The summed E-state index contributed by atoms with van der Waals surface area (Å²) >= 11 is 7.16. The van der Waals surface area contributed by atoms with Crippen LogP contribution in [0.25, 0.3) is 10.7 Å². The Morgan fingerprint density at radius 1 is 1.36 bits per heavy atom. The third kappa shape index (κ3) is 1.89. The molecular weight excluding hydrogens is 220 g/mol. The maximum Gasteiger partial charge on any atom is 0.166 e. The summed E-state index contributed by atoms with van der Waals surface area (Å²) < 4.78 is 0. The zero-order valence-corrected chi connectivity index (χ0v) is 8.72. The Bertz CT molecular complexity index is 425. The molecule has 0 saturated heterocycles. The van der Waals surface area contributed by atoms with E-state index in [0.717, 1.165) is 15.7 Å². The number of hydrogen-bond donors (Lipinski definition) is 1. The lowest BCUT2D eigenvalue weighted by atomic mass is 10.4. The zero-order chi connectivity index (χ0) is 9.97. The Hall–Kier alpha value is -1.04. The number of aromatic nitrogens is 3. The highest BCUT2D eigenvalue weighted by Crippen LogP contribution is 2.21. The number of pyridine rings is 1. The van der Waals surface area contributed by atoms with Gasteiger partial charge in [0, 0.05) is 12.7 Å². The van der Waals surface area contributed by atoms with Gasteiger partial charge in [-0.05, 0) is 12.1 Å². The van der Waals surface area contributed by atoms with Crippen molar-refractivity contribution in [2.75, 3.05) is 0 Å². The predicted octanol–water partition coefficient (Wildman–Crippen LogP) is 1.71. The van der Waals surface area contributed by atoms with Gasteiger partial charge in [0.05, 0.1) is 5.02 Å². The molecule has 4 nitrogen and oxygen atoms in total. The topological polar surface area (TPSA) is 64.7 Å². The second kappa shape index (κ2) is 4.00. The molecule has 0 aliphatic carbocycles. The highest BCUT2D eigenvalue weighted by atomic mass is 35.5. The van der Waals surface area contributed by atoms with Crippen LogP contribution in [-0.4, -0.2) is 15.2 Å². The highest BCUT2D eigenvalue weighted by molar-refractivity contribution is 7.14. The van der Waals surface area contributed by atoms with Gasteiger partial charge in [-0.25, -0.2) is 0 Å². The fraction of sp³-hybridized carbons (Fsp3) is 0.125. The molecule has 0 radical (unpaired) electrons. The maximum atomic E-state index is 5.72. The van der Waals surface area contributed by atoms with Crippen molar-refractivity contribution in [3.8, 4) is 10.7 Å². The van der Waals surface area contributed by atoms with E-state index in [-0.39, 0.29) is 0 Å². The van der Waals surface area contributed by atoms with Crippen LogP contribution in [0.2, 0.25) is 5.02 Å². The van der Waals surface area contributed by atoms with Crippen molar-refractivity contribution in [3.63, 3.8) is 0 Å². The van der Waals surface area contributed by atoms with Crippen LogP contribution >= 0.6 is 22.9 Å². The van der Waals surface area contributed by atoms with E-state index in [9.17, 15) is 0 Å². The molecular formula is C8H7ClN4S. The highest BCUT2D eigenvalue weighted by Gasteiger charge is 2.05. The fourth-order valence-electron chi connectivity index (χ4n) is 0.942. The van der Waals surface area contributed by atoms with Crippen molar-refractivity contribution in [1.29, 1.82) is 0 Å². The molecule has 0 amide bonds. The first-order valence-electron chi connectivity index (χ1n) is 3.94. The zero-order valence-electron chi connectivity index (χ0n) is 7.14. The van der Waals surface area contributed by atoms with Gasteiger partial charge in [-0.3, -0.25) is 4.98 Å². The van der Waals surface area contributed by atoms with E-state index in [1.807, 2.05) is 6.07 Å². The van der Waals surface area contributed by atoms with Gasteiger partial charge in [0.1, 0.15) is 10.7 Å². The van der Waals surface area contributed by atoms with Crippen LogP contribution in [-0.2, 0) is 6.54 Å². The summed E-state index contributed by atoms with van der Waals surface area (Å²) in [6, 6.07) is 3.58. The molecule has 0 fully saturated rings. The molecule has 72 valence electrons. The van der Waals surface area contributed by atoms with E-state index in [1.165, 1.54) is 11.3 Å². The SMILES string of the molecule is NCc1nnc(-c2ccc(Cl)cn2)s1. The first-order valence-corrected chi connectivity index (χ1v) is 5.13. The summed E-state index contributed by atoms with van der Waals surface area (Å²) in [6.07, 6.45) is 1.58. The third-order valence-corrected chi connectivity index (χ3v) is 2.78. The Labute approximate surface area is 89.8 Å². The van der Waals surface area contributed by atoms with E-state index in [4.69, 9.17) is 17.3 Å². The van der Waals surface area contributed by atoms with Crippen LogP contribution in [0.5, 0.6) is 0 Å². The first kappa shape index (κ1) is 9.51. The van der Waals surface area contributed by atoms with E-state index < -0.39 is 0 Å². The number of nitrogens with two attached hydrogens (primary N) is 1. The Kier molecular flexibility index (Phi) is 2.72. The van der Waals surface area contributed by atoms with Crippen molar-refractivity contribution < 1.29 is 0 Å². The fourth-order valence-corrected chi connectivity index (χ4v) is 1.75. The number of nitrogens with zero attached hydrogens (tertiary/aromatic N) is 3. The van der Waals surface area contributed by atoms with Crippen LogP contribution < -0.4 is 5.73 Å². The quantitative estimate of drug-likeness (QED) is 0.847. The smallest absolute Gasteiger partial charge is 0.166 e. The molecule has 2 aromatic rings. The molecule has 2 aromatic heterocycles. The Balaban J connectivity index is 2.34. The summed E-state index contributed by atoms with van der Waals surface area (Å²) in [4.78, 5) is 4.13. The number of hydrogen-bond acceptors (Lipinski definition) is 5.